The van der Waals surface area contributed by atoms with Gasteiger partial charge in [0.15, 0.2) is 11.0 Å². The number of amides is 1. The lowest BCUT2D eigenvalue weighted by Crippen LogP contribution is -2.52. The monoisotopic (exact) mass is 367 g/mol. The summed E-state index contributed by atoms with van der Waals surface area (Å²) in [5.41, 5.74) is 1.99. The number of hydrazone groups is 1. The Morgan fingerprint density at radius 1 is 1.32 bits per heavy atom. The van der Waals surface area contributed by atoms with Crippen molar-refractivity contribution in [2.75, 3.05) is 26.1 Å². The lowest BCUT2D eigenvalue weighted by atomic mass is 9.80. The van der Waals surface area contributed by atoms with Gasteiger partial charge in [-0.15, -0.1) is 0 Å². The van der Waals surface area contributed by atoms with Crippen molar-refractivity contribution in [3.8, 4) is 0 Å². The number of fused-ring (bicyclic) bond motifs is 2. The third-order valence-electron chi connectivity index (χ3n) is 4.28. The molecular weight excluding hydrogens is 349 g/mol. The highest BCUT2D eigenvalue weighted by Crippen LogP contribution is 2.57. The fraction of sp³-hybridized carbons (Fsp3) is 0.400. The molecule has 1 aromatic rings. The van der Waals surface area contributed by atoms with E-state index in [1.807, 2.05) is 0 Å². The molecule has 2 aliphatic rings. The number of nitrogens with one attached hydrogen (secondary N) is 2. The van der Waals surface area contributed by atoms with Crippen LogP contribution in [0.3, 0.4) is 0 Å². The second kappa shape index (κ2) is 6.25. The second-order valence-electron chi connectivity index (χ2n) is 5.44. The van der Waals surface area contributed by atoms with E-state index in [-0.39, 0.29) is 12.1 Å². The standard InChI is InChI=1S/C15H18N3O6P/c1-4-24-13(19)11-12(25(21,22-2)23-3)17-18-15(11)9-7-5-6-8-10(9)16-14(15)20/h5-8,11,18H,4H2,1-3H3,(H,16,20)/t11-,15+/m1/s1. The fourth-order valence-corrected chi connectivity index (χ4v) is 4.44. The van der Waals surface area contributed by atoms with Crippen molar-refractivity contribution >= 4 is 30.6 Å². The highest BCUT2D eigenvalue weighted by atomic mass is 31.2. The van der Waals surface area contributed by atoms with Crippen LogP contribution >= 0.6 is 7.60 Å². The molecule has 0 radical (unpaired) electrons. The normalized spacial score (nSPS) is 24.5. The third-order valence-corrected chi connectivity index (χ3v) is 6.16. The first kappa shape index (κ1) is 17.6. The molecule has 0 unspecified atom stereocenters. The lowest BCUT2D eigenvalue weighted by molar-refractivity contribution is -0.149. The molecule has 2 N–H and O–H groups in total. The van der Waals surface area contributed by atoms with E-state index < -0.39 is 30.9 Å². The first-order valence-corrected chi connectivity index (χ1v) is 9.13. The number of anilines is 1. The molecular formula is C15H18N3O6P. The Kier molecular flexibility index (Phi) is 4.40. The topological polar surface area (TPSA) is 115 Å². The lowest BCUT2D eigenvalue weighted by Gasteiger charge is -2.28. The van der Waals surface area contributed by atoms with Crippen LogP contribution in [-0.4, -0.2) is 38.2 Å². The van der Waals surface area contributed by atoms with Crippen molar-refractivity contribution in [2.24, 2.45) is 11.0 Å². The summed E-state index contributed by atoms with van der Waals surface area (Å²) >= 11 is 0. The van der Waals surface area contributed by atoms with E-state index in [4.69, 9.17) is 13.8 Å². The number of carbonyl (C=O) groups excluding carboxylic acids is 2. The van der Waals surface area contributed by atoms with Crippen LogP contribution in [0.5, 0.6) is 0 Å². The van der Waals surface area contributed by atoms with Crippen LogP contribution in [-0.2, 0) is 33.5 Å². The molecule has 0 saturated heterocycles. The van der Waals surface area contributed by atoms with Crippen LogP contribution in [0.2, 0.25) is 0 Å². The molecule has 0 saturated carbocycles. The summed E-state index contributed by atoms with van der Waals surface area (Å²) in [5.74, 6) is -2.53. The number of hydrogen-bond acceptors (Lipinski definition) is 8. The van der Waals surface area contributed by atoms with Crippen LogP contribution < -0.4 is 10.7 Å². The largest absolute Gasteiger partial charge is 0.465 e. The van der Waals surface area contributed by atoms with E-state index >= 15 is 0 Å². The minimum Gasteiger partial charge on any atom is -0.465 e. The van der Waals surface area contributed by atoms with Crippen molar-refractivity contribution in [1.82, 2.24) is 5.43 Å². The number of para-hydroxylation sites is 1. The van der Waals surface area contributed by atoms with Gasteiger partial charge in [0.25, 0.3) is 5.91 Å². The quantitative estimate of drug-likeness (QED) is 0.597. The predicted molar refractivity (Wildman–Crippen MR) is 89.1 cm³/mol. The van der Waals surface area contributed by atoms with Gasteiger partial charge in [0.2, 0.25) is 0 Å². The average molecular weight is 367 g/mol. The van der Waals surface area contributed by atoms with Gasteiger partial charge in [0.1, 0.15) is 5.92 Å². The van der Waals surface area contributed by atoms with E-state index in [1.54, 1.807) is 31.2 Å². The highest BCUT2D eigenvalue weighted by molar-refractivity contribution is 7.72. The van der Waals surface area contributed by atoms with Crippen LogP contribution in [0.25, 0.3) is 0 Å². The van der Waals surface area contributed by atoms with E-state index in [0.717, 1.165) is 0 Å². The number of rotatable bonds is 5. The summed E-state index contributed by atoms with van der Waals surface area (Å²) in [6, 6.07) is 6.88. The Morgan fingerprint density at radius 2 is 2.00 bits per heavy atom. The second-order valence-corrected chi connectivity index (χ2v) is 7.62. The molecule has 9 nitrogen and oxygen atoms in total. The molecule has 0 aromatic heterocycles. The van der Waals surface area contributed by atoms with Gasteiger partial charge in [-0.05, 0) is 13.0 Å². The number of nitrogens with zero attached hydrogens (tertiary/aromatic N) is 1. The van der Waals surface area contributed by atoms with Gasteiger partial charge < -0.3 is 19.1 Å². The SMILES string of the molecule is CCOC(=O)[C@H]1C(P(=O)(OC)OC)=NN[C@]12C(=O)Nc1ccccc12. The molecule has 3 rings (SSSR count). The van der Waals surface area contributed by atoms with E-state index in [9.17, 15) is 14.2 Å². The summed E-state index contributed by atoms with van der Waals surface area (Å²) < 4.78 is 28.0. The Hall–Kier alpha value is -2.22. The molecule has 25 heavy (non-hydrogen) atoms. The van der Waals surface area contributed by atoms with Gasteiger partial charge in [-0.1, -0.05) is 18.2 Å². The van der Waals surface area contributed by atoms with Crippen LogP contribution in [0.4, 0.5) is 5.69 Å². The number of esters is 1. The number of hydrogen-bond donors (Lipinski definition) is 2. The van der Waals surface area contributed by atoms with Gasteiger partial charge in [-0.25, -0.2) is 0 Å². The van der Waals surface area contributed by atoms with Gasteiger partial charge in [0.05, 0.1) is 6.61 Å². The van der Waals surface area contributed by atoms with E-state index in [2.05, 4.69) is 15.8 Å². The zero-order valence-corrected chi connectivity index (χ0v) is 14.8. The molecule has 2 heterocycles. The first-order valence-electron chi connectivity index (χ1n) is 7.59. The van der Waals surface area contributed by atoms with Gasteiger partial charge in [0, 0.05) is 25.5 Å². The van der Waals surface area contributed by atoms with Gasteiger partial charge >= 0.3 is 13.6 Å². The summed E-state index contributed by atoms with van der Waals surface area (Å²) in [6.07, 6.45) is 0. The van der Waals surface area contributed by atoms with Crippen molar-refractivity contribution in [3.63, 3.8) is 0 Å². The highest BCUT2D eigenvalue weighted by Gasteiger charge is 2.64. The molecule has 0 fully saturated rings. The Bertz CT molecular complexity index is 802. The van der Waals surface area contributed by atoms with E-state index in [1.165, 1.54) is 14.2 Å². The molecule has 1 amide bonds. The summed E-state index contributed by atoms with van der Waals surface area (Å²) in [6.45, 7) is 1.73. The summed E-state index contributed by atoms with van der Waals surface area (Å²) in [7, 11) is -1.51. The maximum atomic E-state index is 12.9. The summed E-state index contributed by atoms with van der Waals surface area (Å²) in [4.78, 5) is 25.5. The molecule has 134 valence electrons. The Morgan fingerprint density at radius 3 is 2.64 bits per heavy atom. The minimum absolute atomic E-state index is 0.0895. The van der Waals surface area contributed by atoms with E-state index in [0.29, 0.717) is 11.3 Å². The molecule has 10 heteroatoms. The number of ether oxygens (including phenoxy) is 1. The van der Waals surface area contributed by atoms with Crippen LogP contribution in [0, 0.1) is 5.92 Å². The van der Waals surface area contributed by atoms with Crippen molar-refractivity contribution in [1.29, 1.82) is 0 Å². The van der Waals surface area contributed by atoms with Crippen molar-refractivity contribution in [2.45, 2.75) is 12.5 Å². The molecule has 1 aromatic carbocycles. The third kappa shape index (κ3) is 2.38. The van der Waals surface area contributed by atoms with Crippen molar-refractivity contribution in [3.05, 3.63) is 29.8 Å². The van der Waals surface area contributed by atoms with Crippen molar-refractivity contribution < 1.29 is 27.9 Å². The zero-order chi connectivity index (χ0) is 18.2. The van der Waals surface area contributed by atoms with Crippen LogP contribution in [0.15, 0.2) is 29.4 Å². The minimum atomic E-state index is -3.87. The predicted octanol–water partition coefficient (Wildman–Crippen LogP) is 1.42. The maximum absolute atomic E-state index is 12.9. The Labute approximate surface area is 144 Å². The average Bonchev–Trinajstić information content (AvgIpc) is 3.15. The maximum Gasteiger partial charge on any atom is 0.377 e. The van der Waals surface area contributed by atoms with Crippen LogP contribution in [0.1, 0.15) is 12.5 Å². The smallest absolute Gasteiger partial charge is 0.377 e. The number of benzene rings is 1. The molecule has 2 aliphatic heterocycles. The van der Waals surface area contributed by atoms with Gasteiger partial charge in [-0.2, -0.15) is 5.10 Å². The molecule has 1 spiro atoms. The number of carbonyl (C=O) groups is 2. The summed E-state index contributed by atoms with van der Waals surface area (Å²) in [5, 5.41) is 6.72. The fourth-order valence-electron chi connectivity index (χ4n) is 3.13. The first-order chi connectivity index (χ1) is 11.9. The Balaban J connectivity index is 2.18. The zero-order valence-electron chi connectivity index (χ0n) is 13.9. The molecule has 0 aliphatic carbocycles. The molecule has 0 bridgehead atoms. The molecule has 2 atom stereocenters. The van der Waals surface area contributed by atoms with Gasteiger partial charge in [-0.3, -0.25) is 19.6 Å².